The number of carbonyl (C=O) groups excluding carboxylic acids is 1. The van der Waals surface area contributed by atoms with Crippen LogP contribution in [0.3, 0.4) is 0 Å². The van der Waals surface area contributed by atoms with Crippen molar-refractivity contribution >= 4 is 33.9 Å². The molecule has 5 heteroatoms. The van der Waals surface area contributed by atoms with Crippen LogP contribution >= 0.6 is 15.9 Å². The average Bonchev–Trinajstić information content (AvgIpc) is 2.61. The second kappa shape index (κ2) is 4.53. The molecule has 1 saturated heterocycles. The molecule has 1 aromatic heterocycles. The molecule has 1 fully saturated rings. The summed E-state index contributed by atoms with van der Waals surface area (Å²) in [5, 5.41) is 0. The first-order valence-corrected chi connectivity index (χ1v) is 5.37. The van der Waals surface area contributed by atoms with E-state index >= 15 is 0 Å². The third-order valence-corrected chi connectivity index (χ3v) is 2.56. The number of hydrogen-bond acceptors (Lipinski definition) is 4. The maximum absolute atomic E-state index is 11.1. The van der Waals surface area contributed by atoms with Crippen LogP contribution in [0.5, 0.6) is 0 Å². The van der Waals surface area contributed by atoms with Crippen molar-refractivity contribution in [2.45, 2.75) is 6.42 Å². The van der Waals surface area contributed by atoms with Gasteiger partial charge in [0, 0.05) is 16.9 Å². The third-order valence-electron chi connectivity index (χ3n) is 2.07. The summed E-state index contributed by atoms with van der Waals surface area (Å²) in [7, 11) is 0. The molecule has 15 heavy (non-hydrogen) atoms. The molecule has 0 saturated carbocycles. The van der Waals surface area contributed by atoms with Crippen LogP contribution < -0.4 is 0 Å². The second-order valence-electron chi connectivity index (χ2n) is 3.17. The third kappa shape index (κ3) is 2.62. The molecular weight excluding hydrogens is 260 g/mol. The van der Waals surface area contributed by atoms with Gasteiger partial charge in [-0.15, -0.1) is 0 Å². The van der Waals surface area contributed by atoms with Gasteiger partial charge in [0.1, 0.15) is 0 Å². The molecule has 2 rings (SSSR count). The van der Waals surface area contributed by atoms with Crippen LogP contribution in [0.2, 0.25) is 0 Å². The van der Waals surface area contributed by atoms with Crippen molar-refractivity contribution < 1.29 is 9.53 Å². The van der Waals surface area contributed by atoms with Gasteiger partial charge in [-0.1, -0.05) is 15.9 Å². The molecule has 1 aliphatic heterocycles. The van der Waals surface area contributed by atoms with Gasteiger partial charge >= 0.3 is 5.97 Å². The van der Waals surface area contributed by atoms with E-state index in [0.29, 0.717) is 18.8 Å². The Balaban J connectivity index is 2.08. The summed E-state index contributed by atoms with van der Waals surface area (Å²) < 4.78 is 5.73. The van der Waals surface area contributed by atoms with Crippen LogP contribution in [-0.2, 0) is 9.53 Å². The van der Waals surface area contributed by atoms with Gasteiger partial charge in [-0.25, -0.2) is 9.98 Å². The van der Waals surface area contributed by atoms with Gasteiger partial charge in [-0.2, -0.15) is 0 Å². The first-order valence-electron chi connectivity index (χ1n) is 4.58. The summed E-state index contributed by atoms with van der Waals surface area (Å²) in [5.74, 6) is 0.170. The Labute approximate surface area is 95.5 Å². The highest BCUT2D eigenvalue weighted by Crippen LogP contribution is 2.17. The Hall–Kier alpha value is -1.23. The monoisotopic (exact) mass is 268 g/mol. The van der Waals surface area contributed by atoms with E-state index in [4.69, 9.17) is 4.74 Å². The molecule has 0 aromatic carbocycles. The van der Waals surface area contributed by atoms with Crippen LogP contribution in [0.4, 0.5) is 5.82 Å². The Bertz CT molecular complexity index is 406. The highest BCUT2D eigenvalue weighted by molar-refractivity contribution is 9.10. The zero-order valence-electron chi connectivity index (χ0n) is 7.89. The normalized spacial score (nSPS) is 20.9. The maximum atomic E-state index is 11.1. The highest BCUT2D eigenvalue weighted by Gasteiger charge is 2.24. The van der Waals surface area contributed by atoms with Crippen LogP contribution in [0.15, 0.2) is 27.8 Å². The molecule has 1 atom stereocenters. The number of hydrogen-bond donors (Lipinski definition) is 0. The summed E-state index contributed by atoms with van der Waals surface area (Å²) >= 11 is 3.32. The van der Waals surface area contributed by atoms with Crippen molar-refractivity contribution in [3.63, 3.8) is 0 Å². The number of aromatic nitrogens is 1. The molecule has 1 aromatic rings. The zero-order valence-corrected chi connectivity index (χ0v) is 9.48. The fourth-order valence-electron chi connectivity index (χ4n) is 1.28. The van der Waals surface area contributed by atoms with Gasteiger partial charge in [0.2, 0.25) is 0 Å². The minimum Gasteiger partial charge on any atom is -0.465 e. The SMILES string of the molecule is O=C1OCCC1/C=N/c1cc(Br)ccn1. The van der Waals surface area contributed by atoms with E-state index in [1.165, 1.54) is 0 Å². The van der Waals surface area contributed by atoms with Gasteiger partial charge in [0.25, 0.3) is 0 Å². The molecule has 0 aliphatic carbocycles. The van der Waals surface area contributed by atoms with E-state index in [2.05, 4.69) is 25.9 Å². The number of cyclic esters (lactones) is 1. The minimum absolute atomic E-state index is 0.200. The van der Waals surface area contributed by atoms with Crippen molar-refractivity contribution in [1.82, 2.24) is 4.98 Å². The Morgan fingerprint density at radius 1 is 1.67 bits per heavy atom. The van der Waals surface area contributed by atoms with Crippen LogP contribution in [0.25, 0.3) is 0 Å². The lowest BCUT2D eigenvalue weighted by atomic mass is 10.1. The molecule has 0 N–H and O–H groups in total. The number of nitrogens with zero attached hydrogens (tertiary/aromatic N) is 2. The predicted molar refractivity (Wildman–Crippen MR) is 59.2 cm³/mol. The summed E-state index contributed by atoms with van der Waals surface area (Å²) in [6.07, 6.45) is 3.96. The molecule has 2 heterocycles. The molecular formula is C10H9BrN2O2. The fourth-order valence-corrected chi connectivity index (χ4v) is 1.60. The Morgan fingerprint density at radius 2 is 2.53 bits per heavy atom. The van der Waals surface area contributed by atoms with Crippen molar-refractivity contribution in [2.75, 3.05) is 6.61 Å². The molecule has 0 spiro atoms. The molecule has 78 valence electrons. The number of esters is 1. The van der Waals surface area contributed by atoms with E-state index in [-0.39, 0.29) is 11.9 Å². The standard InChI is InChI=1S/C10H9BrN2O2/c11-8-1-3-12-9(5-8)13-6-7-2-4-15-10(7)14/h1,3,5-7H,2,4H2/b13-6+. The first-order chi connectivity index (χ1) is 7.25. The Kier molecular flexibility index (Phi) is 3.11. The molecule has 0 radical (unpaired) electrons. The van der Waals surface area contributed by atoms with E-state index in [1.807, 2.05) is 6.07 Å². The number of rotatable bonds is 2. The first kappa shape index (κ1) is 10.3. The average molecular weight is 269 g/mol. The van der Waals surface area contributed by atoms with E-state index in [9.17, 15) is 4.79 Å². The fraction of sp³-hybridized carbons (Fsp3) is 0.300. The summed E-state index contributed by atoms with van der Waals surface area (Å²) in [4.78, 5) is 19.3. The summed E-state index contributed by atoms with van der Waals surface area (Å²) in [6.45, 7) is 0.488. The van der Waals surface area contributed by atoms with Crippen LogP contribution in [0, 0.1) is 5.92 Å². The quantitative estimate of drug-likeness (QED) is 0.610. The van der Waals surface area contributed by atoms with Gasteiger partial charge < -0.3 is 4.74 Å². The molecule has 4 nitrogen and oxygen atoms in total. The number of carbonyl (C=O) groups is 1. The van der Waals surface area contributed by atoms with Crippen molar-refractivity contribution in [3.05, 3.63) is 22.8 Å². The molecule has 1 unspecified atom stereocenters. The predicted octanol–water partition coefficient (Wildman–Crippen LogP) is 2.11. The largest absolute Gasteiger partial charge is 0.465 e. The highest BCUT2D eigenvalue weighted by atomic mass is 79.9. The lowest BCUT2D eigenvalue weighted by Gasteiger charge is -1.96. The van der Waals surface area contributed by atoms with Gasteiger partial charge in [0.15, 0.2) is 5.82 Å². The lowest BCUT2D eigenvalue weighted by Crippen LogP contribution is -2.08. The zero-order chi connectivity index (χ0) is 10.7. The minimum atomic E-state index is -0.217. The van der Waals surface area contributed by atoms with Crippen LogP contribution in [-0.4, -0.2) is 23.8 Å². The van der Waals surface area contributed by atoms with Gasteiger partial charge in [0.05, 0.1) is 12.5 Å². The van der Waals surface area contributed by atoms with Crippen molar-refractivity contribution in [2.24, 2.45) is 10.9 Å². The molecule has 1 aliphatic rings. The van der Waals surface area contributed by atoms with E-state index in [1.54, 1.807) is 18.5 Å². The smallest absolute Gasteiger partial charge is 0.314 e. The second-order valence-corrected chi connectivity index (χ2v) is 4.09. The number of aliphatic imine (C=N–C) groups is 1. The lowest BCUT2D eigenvalue weighted by molar-refractivity contribution is -0.139. The van der Waals surface area contributed by atoms with Crippen molar-refractivity contribution in [1.29, 1.82) is 0 Å². The molecule has 0 amide bonds. The molecule has 0 bridgehead atoms. The van der Waals surface area contributed by atoms with Crippen molar-refractivity contribution in [3.8, 4) is 0 Å². The van der Waals surface area contributed by atoms with Gasteiger partial charge in [-0.3, -0.25) is 4.79 Å². The number of pyridine rings is 1. The topological polar surface area (TPSA) is 51.5 Å². The van der Waals surface area contributed by atoms with Crippen LogP contribution in [0.1, 0.15) is 6.42 Å². The summed E-state index contributed by atoms with van der Waals surface area (Å²) in [6, 6.07) is 3.61. The Morgan fingerprint density at radius 3 is 3.20 bits per heavy atom. The van der Waals surface area contributed by atoms with E-state index < -0.39 is 0 Å². The van der Waals surface area contributed by atoms with Gasteiger partial charge in [-0.05, 0) is 18.6 Å². The maximum Gasteiger partial charge on any atom is 0.314 e. The summed E-state index contributed by atoms with van der Waals surface area (Å²) in [5.41, 5.74) is 0. The number of ether oxygens (including phenoxy) is 1. The van der Waals surface area contributed by atoms with E-state index in [0.717, 1.165) is 4.47 Å². The number of halogens is 1.